The summed E-state index contributed by atoms with van der Waals surface area (Å²) in [5.74, 6) is 0.995. The molecule has 2 saturated carbocycles. The van der Waals surface area contributed by atoms with Crippen LogP contribution in [0.15, 0.2) is 6.07 Å². The van der Waals surface area contributed by atoms with Gasteiger partial charge in [0.25, 0.3) is 5.91 Å². The summed E-state index contributed by atoms with van der Waals surface area (Å²) in [5.41, 5.74) is 7.08. The number of halogens is 1. The first kappa shape index (κ1) is 14.3. The van der Waals surface area contributed by atoms with Crippen molar-refractivity contribution in [2.45, 2.75) is 44.1 Å². The van der Waals surface area contributed by atoms with Crippen molar-refractivity contribution >= 4 is 18.3 Å². The van der Waals surface area contributed by atoms with E-state index in [9.17, 15) is 4.79 Å². The second-order valence-corrected chi connectivity index (χ2v) is 5.83. The third-order valence-electron chi connectivity index (χ3n) is 4.15. The smallest absolute Gasteiger partial charge is 0.272 e. The van der Waals surface area contributed by atoms with Crippen molar-refractivity contribution in [2.75, 3.05) is 6.54 Å². The molecule has 19 heavy (non-hydrogen) atoms. The van der Waals surface area contributed by atoms with Crippen LogP contribution in [0.5, 0.6) is 0 Å². The van der Waals surface area contributed by atoms with E-state index in [1.807, 2.05) is 13.0 Å². The van der Waals surface area contributed by atoms with Gasteiger partial charge in [-0.2, -0.15) is 5.10 Å². The monoisotopic (exact) mass is 284 g/mol. The molecule has 4 N–H and O–H groups in total. The fraction of sp³-hybridized carbons (Fsp3) is 0.692. The highest BCUT2D eigenvalue weighted by Crippen LogP contribution is 2.40. The lowest BCUT2D eigenvalue weighted by atomic mass is 9.96. The lowest BCUT2D eigenvalue weighted by Crippen LogP contribution is -2.53. The number of aromatic nitrogens is 2. The lowest BCUT2D eigenvalue weighted by Gasteiger charge is -2.29. The fourth-order valence-electron chi connectivity index (χ4n) is 2.42. The molecule has 106 valence electrons. The second kappa shape index (κ2) is 5.13. The number of nitrogens with zero attached hydrogens (tertiary/aromatic N) is 1. The number of amides is 1. The number of nitrogens with one attached hydrogen (secondary N) is 2. The van der Waals surface area contributed by atoms with Crippen LogP contribution in [0, 0.1) is 5.92 Å². The van der Waals surface area contributed by atoms with E-state index in [0.717, 1.165) is 18.5 Å². The molecule has 0 aromatic carbocycles. The summed E-state index contributed by atoms with van der Waals surface area (Å²) in [6.07, 6.45) is 4.71. The summed E-state index contributed by atoms with van der Waals surface area (Å²) in [7, 11) is 0. The molecule has 2 aliphatic rings. The van der Waals surface area contributed by atoms with E-state index >= 15 is 0 Å². The van der Waals surface area contributed by atoms with Gasteiger partial charge in [0.1, 0.15) is 5.69 Å². The average Bonchev–Trinajstić information content (AvgIpc) is 3.26. The highest BCUT2D eigenvalue weighted by molar-refractivity contribution is 5.93. The van der Waals surface area contributed by atoms with Crippen LogP contribution in [0.3, 0.4) is 0 Å². The van der Waals surface area contributed by atoms with Crippen molar-refractivity contribution < 1.29 is 4.79 Å². The van der Waals surface area contributed by atoms with Crippen molar-refractivity contribution in [3.63, 3.8) is 0 Å². The van der Waals surface area contributed by atoms with Crippen molar-refractivity contribution in [3.8, 4) is 0 Å². The van der Waals surface area contributed by atoms with Crippen LogP contribution in [0.4, 0.5) is 0 Å². The normalized spacial score (nSPS) is 21.4. The maximum atomic E-state index is 12.2. The molecule has 2 aliphatic carbocycles. The fourth-order valence-corrected chi connectivity index (χ4v) is 2.42. The van der Waals surface area contributed by atoms with E-state index in [0.29, 0.717) is 24.1 Å². The molecule has 1 unspecified atom stereocenters. The van der Waals surface area contributed by atoms with E-state index in [-0.39, 0.29) is 23.9 Å². The molecular formula is C13H21ClN4O. The molecule has 0 radical (unpaired) electrons. The maximum absolute atomic E-state index is 12.2. The van der Waals surface area contributed by atoms with Gasteiger partial charge in [0.05, 0.1) is 5.54 Å². The van der Waals surface area contributed by atoms with Gasteiger partial charge in [-0.3, -0.25) is 9.89 Å². The Bertz CT molecular complexity index is 467. The Kier molecular flexibility index (Phi) is 3.87. The summed E-state index contributed by atoms with van der Waals surface area (Å²) in [4.78, 5) is 12.2. The quantitative estimate of drug-likeness (QED) is 0.767. The van der Waals surface area contributed by atoms with Gasteiger partial charge in [0.2, 0.25) is 0 Å². The first-order chi connectivity index (χ1) is 8.62. The Balaban J connectivity index is 0.00000133. The molecule has 2 fully saturated rings. The Morgan fingerprint density at radius 2 is 2.21 bits per heavy atom. The molecule has 0 spiro atoms. The molecule has 0 aliphatic heterocycles. The molecule has 1 atom stereocenters. The third kappa shape index (κ3) is 2.92. The number of carbonyl (C=O) groups is 1. The van der Waals surface area contributed by atoms with Crippen LogP contribution in [0.2, 0.25) is 0 Å². The van der Waals surface area contributed by atoms with Gasteiger partial charge in [-0.15, -0.1) is 12.4 Å². The zero-order valence-electron chi connectivity index (χ0n) is 11.1. The molecular weight excluding hydrogens is 264 g/mol. The highest BCUT2D eigenvalue weighted by Gasteiger charge is 2.42. The molecule has 6 heteroatoms. The van der Waals surface area contributed by atoms with Crippen LogP contribution in [-0.2, 0) is 0 Å². The molecule has 0 saturated heterocycles. The van der Waals surface area contributed by atoms with Gasteiger partial charge in [-0.25, -0.2) is 0 Å². The lowest BCUT2D eigenvalue weighted by molar-refractivity contribution is 0.0892. The molecule has 1 aromatic rings. The van der Waals surface area contributed by atoms with E-state index in [1.54, 1.807) is 0 Å². The van der Waals surface area contributed by atoms with Crippen LogP contribution in [0.1, 0.15) is 54.7 Å². The van der Waals surface area contributed by atoms with E-state index in [1.165, 1.54) is 12.8 Å². The Morgan fingerprint density at radius 3 is 2.74 bits per heavy atom. The number of rotatable bonds is 5. The van der Waals surface area contributed by atoms with E-state index in [4.69, 9.17) is 5.73 Å². The second-order valence-electron chi connectivity index (χ2n) is 5.83. The van der Waals surface area contributed by atoms with Gasteiger partial charge in [0, 0.05) is 18.2 Å². The van der Waals surface area contributed by atoms with E-state index < -0.39 is 0 Å². The predicted octanol–water partition coefficient (Wildman–Crippen LogP) is 1.57. The minimum Gasteiger partial charge on any atom is -0.344 e. The topological polar surface area (TPSA) is 83.8 Å². The number of hydrogen-bond donors (Lipinski definition) is 3. The van der Waals surface area contributed by atoms with Crippen LogP contribution in [-0.4, -0.2) is 28.2 Å². The maximum Gasteiger partial charge on any atom is 0.272 e. The van der Waals surface area contributed by atoms with Crippen molar-refractivity contribution in [2.24, 2.45) is 11.7 Å². The summed E-state index contributed by atoms with van der Waals surface area (Å²) < 4.78 is 0. The van der Waals surface area contributed by atoms with Crippen LogP contribution in [0.25, 0.3) is 0 Å². The largest absolute Gasteiger partial charge is 0.344 e. The van der Waals surface area contributed by atoms with Crippen molar-refractivity contribution in [1.29, 1.82) is 0 Å². The molecule has 5 nitrogen and oxygen atoms in total. The summed E-state index contributed by atoms with van der Waals surface area (Å²) in [5, 5.41) is 10.1. The summed E-state index contributed by atoms with van der Waals surface area (Å²) in [6, 6.07) is 1.87. The van der Waals surface area contributed by atoms with E-state index in [2.05, 4.69) is 15.5 Å². The van der Waals surface area contributed by atoms with Gasteiger partial charge >= 0.3 is 0 Å². The molecule has 3 rings (SSSR count). The SMILES string of the molecule is CC(CN)(NC(=O)c1cc(C2CC2)[nH]n1)C1CC1.Cl. The van der Waals surface area contributed by atoms with Crippen molar-refractivity contribution in [3.05, 3.63) is 17.5 Å². The number of carbonyl (C=O) groups excluding carboxylic acids is 1. The number of H-pyrrole nitrogens is 1. The van der Waals surface area contributed by atoms with Gasteiger partial charge in [-0.05, 0) is 44.6 Å². The zero-order chi connectivity index (χ0) is 12.8. The van der Waals surface area contributed by atoms with Crippen LogP contribution < -0.4 is 11.1 Å². The Morgan fingerprint density at radius 1 is 1.53 bits per heavy atom. The highest BCUT2D eigenvalue weighted by atomic mass is 35.5. The number of nitrogens with two attached hydrogens (primary N) is 1. The molecule has 1 aromatic heterocycles. The van der Waals surface area contributed by atoms with Gasteiger partial charge in [-0.1, -0.05) is 0 Å². The minimum absolute atomic E-state index is 0. The molecule has 1 amide bonds. The average molecular weight is 285 g/mol. The molecule has 1 heterocycles. The van der Waals surface area contributed by atoms with Crippen LogP contribution >= 0.6 is 12.4 Å². The minimum atomic E-state index is -0.282. The zero-order valence-corrected chi connectivity index (χ0v) is 11.9. The Labute approximate surface area is 119 Å². The first-order valence-corrected chi connectivity index (χ1v) is 6.70. The first-order valence-electron chi connectivity index (χ1n) is 6.70. The number of aromatic amines is 1. The van der Waals surface area contributed by atoms with Crippen molar-refractivity contribution in [1.82, 2.24) is 15.5 Å². The standard InChI is InChI=1S/C13H20N4O.ClH/c1-13(7-14,9-4-5-9)15-12(18)11-6-10(16-17-11)8-2-3-8;/h6,8-9H,2-5,7,14H2,1H3,(H,15,18)(H,16,17);1H. The summed E-state index contributed by atoms with van der Waals surface area (Å²) in [6.45, 7) is 2.50. The van der Waals surface area contributed by atoms with Gasteiger partial charge < -0.3 is 11.1 Å². The third-order valence-corrected chi connectivity index (χ3v) is 4.15. The molecule has 0 bridgehead atoms. The summed E-state index contributed by atoms with van der Waals surface area (Å²) >= 11 is 0. The number of hydrogen-bond acceptors (Lipinski definition) is 3. The Hall–Kier alpha value is -1.07. The predicted molar refractivity (Wildman–Crippen MR) is 75.5 cm³/mol. The van der Waals surface area contributed by atoms with Gasteiger partial charge in [0.15, 0.2) is 0 Å².